The summed E-state index contributed by atoms with van der Waals surface area (Å²) in [5, 5.41) is 8.27. The maximum absolute atomic E-state index is 12.2. The van der Waals surface area contributed by atoms with Crippen LogP contribution in [0.1, 0.15) is 50.0 Å². The first-order chi connectivity index (χ1) is 9.56. The molecule has 3 rings (SSSR count). The summed E-state index contributed by atoms with van der Waals surface area (Å²) in [6.07, 6.45) is 5.85. The largest absolute Gasteiger partial charge is 0.349 e. The molecule has 5 nitrogen and oxygen atoms in total. The lowest BCUT2D eigenvalue weighted by molar-refractivity contribution is 0.0935. The third kappa shape index (κ3) is 2.40. The van der Waals surface area contributed by atoms with Crippen molar-refractivity contribution in [1.82, 2.24) is 20.1 Å². The van der Waals surface area contributed by atoms with Gasteiger partial charge in [0.15, 0.2) is 5.65 Å². The normalized spacial score (nSPS) is 16.6. The molecule has 1 saturated carbocycles. The number of nitrogens with one attached hydrogen (secondary N) is 1. The summed E-state index contributed by atoms with van der Waals surface area (Å²) >= 11 is 0. The zero-order chi connectivity index (χ0) is 14.3. The molecule has 0 aliphatic heterocycles. The molecule has 1 aliphatic rings. The Morgan fingerprint density at radius 3 is 2.75 bits per heavy atom. The topological polar surface area (TPSA) is 59.8 Å². The number of hydrogen-bond acceptors (Lipinski definition) is 3. The Kier molecular flexibility index (Phi) is 3.20. The van der Waals surface area contributed by atoms with Crippen LogP contribution < -0.4 is 5.32 Å². The van der Waals surface area contributed by atoms with Crippen molar-refractivity contribution in [3.63, 3.8) is 0 Å². The molecular formula is C15H20N4O. The van der Waals surface area contributed by atoms with Gasteiger partial charge >= 0.3 is 0 Å². The van der Waals surface area contributed by atoms with Gasteiger partial charge in [-0.05, 0) is 45.6 Å². The van der Waals surface area contributed by atoms with E-state index in [0.29, 0.717) is 11.5 Å². The van der Waals surface area contributed by atoms with Gasteiger partial charge in [0.25, 0.3) is 5.91 Å². The molecule has 0 spiro atoms. The third-order valence-corrected chi connectivity index (χ3v) is 3.87. The fourth-order valence-electron chi connectivity index (χ4n) is 2.45. The molecule has 2 aromatic rings. The minimum absolute atomic E-state index is 0.0453. The monoisotopic (exact) mass is 272 g/mol. The number of amides is 1. The Morgan fingerprint density at radius 1 is 1.35 bits per heavy atom. The first-order valence-corrected chi connectivity index (χ1v) is 7.20. The second-order valence-electron chi connectivity index (χ2n) is 5.92. The van der Waals surface area contributed by atoms with Crippen LogP contribution in [0.2, 0.25) is 0 Å². The Labute approximate surface area is 118 Å². The first kappa shape index (κ1) is 13.1. The van der Waals surface area contributed by atoms with Crippen LogP contribution in [0, 0.1) is 5.92 Å². The van der Waals surface area contributed by atoms with Crippen molar-refractivity contribution < 1.29 is 4.79 Å². The Balaban J connectivity index is 1.83. The number of pyridine rings is 1. The summed E-state index contributed by atoms with van der Waals surface area (Å²) in [5.41, 5.74) is 1.43. The van der Waals surface area contributed by atoms with E-state index in [-0.39, 0.29) is 18.0 Å². The average Bonchev–Trinajstić information content (AvgIpc) is 3.17. The molecule has 0 saturated heterocycles. The van der Waals surface area contributed by atoms with Crippen LogP contribution in [0.4, 0.5) is 0 Å². The molecule has 0 unspecified atom stereocenters. The lowest BCUT2D eigenvalue weighted by Gasteiger charge is -2.12. The van der Waals surface area contributed by atoms with Gasteiger partial charge in [-0.15, -0.1) is 0 Å². The molecule has 1 aliphatic carbocycles. The lowest BCUT2D eigenvalue weighted by atomic mass is 10.2. The molecule has 0 radical (unpaired) electrons. The number of carbonyl (C=O) groups is 1. The van der Waals surface area contributed by atoms with Gasteiger partial charge in [-0.2, -0.15) is 5.10 Å². The standard InChI is InChI=1S/C15H20N4O/c1-9(2)19-14-12(8-17-19)6-13(7-16-14)15(20)18-10(3)11-4-5-11/h6-11H,4-5H2,1-3H3,(H,18,20)/t10-/m0/s1. The highest BCUT2D eigenvalue weighted by molar-refractivity contribution is 5.97. The van der Waals surface area contributed by atoms with E-state index >= 15 is 0 Å². The SMILES string of the molecule is CC(C)n1ncc2cc(C(=O)N[C@@H](C)C3CC3)cnc21. The maximum atomic E-state index is 12.2. The van der Waals surface area contributed by atoms with Crippen molar-refractivity contribution in [3.8, 4) is 0 Å². The number of fused-ring (bicyclic) bond motifs is 1. The number of aromatic nitrogens is 3. The van der Waals surface area contributed by atoms with Gasteiger partial charge in [-0.3, -0.25) is 4.79 Å². The van der Waals surface area contributed by atoms with Crippen LogP contribution >= 0.6 is 0 Å². The van der Waals surface area contributed by atoms with E-state index in [2.05, 4.69) is 36.2 Å². The van der Waals surface area contributed by atoms with Crippen LogP contribution in [-0.2, 0) is 0 Å². The van der Waals surface area contributed by atoms with E-state index in [9.17, 15) is 4.79 Å². The highest BCUT2D eigenvalue weighted by Crippen LogP contribution is 2.32. The molecule has 2 heterocycles. The molecule has 1 amide bonds. The van der Waals surface area contributed by atoms with E-state index in [1.165, 1.54) is 12.8 Å². The van der Waals surface area contributed by atoms with Crippen molar-refractivity contribution in [2.75, 3.05) is 0 Å². The van der Waals surface area contributed by atoms with Gasteiger partial charge < -0.3 is 5.32 Å². The van der Waals surface area contributed by atoms with Crippen molar-refractivity contribution in [3.05, 3.63) is 24.0 Å². The first-order valence-electron chi connectivity index (χ1n) is 7.20. The molecular weight excluding hydrogens is 252 g/mol. The third-order valence-electron chi connectivity index (χ3n) is 3.87. The molecule has 2 aromatic heterocycles. The highest BCUT2D eigenvalue weighted by atomic mass is 16.1. The van der Waals surface area contributed by atoms with E-state index < -0.39 is 0 Å². The summed E-state index contributed by atoms with van der Waals surface area (Å²) in [6.45, 7) is 6.19. The van der Waals surface area contributed by atoms with E-state index in [0.717, 1.165) is 11.0 Å². The predicted octanol–water partition coefficient (Wildman–Crippen LogP) is 2.54. The summed E-state index contributed by atoms with van der Waals surface area (Å²) < 4.78 is 1.86. The minimum Gasteiger partial charge on any atom is -0.349 e. The van der Waals surface area contributed by atoms with Crippen LogP contribution in [0.3, 0.4) is 0 Å². The zero-order valence-corrected chi connectivity index (χ0v) is 12.1. The number of hydrogen-bond donors (Lipinski definition) is 1. The zero-order valence-electron chi connectivity index (χ0n) is 12.1. The second-order valence-corrected chi connectivity index (χ2v) is 5.92. The number of rotatable bonds is 4. The van der Waals surface area contributed by atoms with E-state index in [1.54, 1.807) is 12.4 Å². The van der Waals surface area contributed by atoms with Crippen molar-refractivity contribution >= 4 is 16.9 Å². The van der Waals surface area contributed by atoms with Crippen LogP contribution in [-0.4, -0.2) is 26.7 Å². The molecule has 0 bridgehead atoms. The summed E-state index contributed by atoms with van der Waals surface area (Å²) in [4.78, 5) is 16.6. The van der Waals surface area contributed by atoms with Gasteiger partial charge in [-0.1, -0.05) is 0 Å². The summed E-state index contributed by atoms with van der Waals surface area (Å²) in [5.74, 6) is 0.607. The van der Waals surface area contributed by atoms with E-state index in [4.69, 9.17) is 0 Å². The average molecular weight is 272 g/mol. The highest BCUT2D eigenvalue weighted by Gasteiger charge is 2.29. The van der Waals surface area contributed by atoms with Crippen LogP contribution in [0.25, 0.3) is 11.0 Å². The summed E-state index contributed by atoms with van der Waals surface area (Å²) in [7, 11) is 0. The minimum atomic E-state index is -0.0453. The molecule has 1 atom stereocenters. The van der Waals surface area contributed by atoms with Gasteiger partial charge in [-0.25, -0.2) is 9.67 Å². The maximum Gasteiger partial charge on any atom is 0.253 e. The molecule has 1 fully saturated rings. The Morgan fingerprint density at radius 2 is 2.10 bits per heavy atom. The molecule has 106 valence electrons. The molecule has 0 aromatic carbocycles. The number of carbonyl (C=O) groups excluding carboxylic acids is 1. The molecule has 20 heavy (non-hydrogen) atoms. The molecule has 1 N–H and O–H groups in total. The summed E-state index contributed by atoms with van der Waals surface area (Å²) in [6, 6.07) is 2.37. The van der Waals surface area contributed by atoms with Crippen molar-refractivity contribution in [2.24, 2.45) is 5.92 Å². The van der Waals surface area contributed by atoms with Crippen molar-refractivity contribution in [1.29, 1.82) is 0 Å². The quantitative estimate of drug-likeness (QED) is 0.930. The van der Waals surface area contributed by atoms with Crippen LogP contribution in [0.5, 0.6) is 0 Å². The molecule has 5 heteroatoms. The number of nitrogens with zero attached hydrogens (tertiary/aromatic N) is 3. The Hall–Kier alpha value is -1.91. The predicted molar refractivity (Wildman–Crippen MR) is 77.6 cm³/mol. The van der Waals surface area contributed by atoms with Gasteiger partial charge in [0.1, 0.15) is 0 Å². The lowest BCUT2D eigenvalue weighted by Crippen LogP contribution is -2.34. The Bertz CT molecular complexity index is 642. The van der Waals surface area contributed by atoms with Gasteiger partial charge in [0, 0.05) is 23.7 Å². The fraction of sp³-hybridized carbons (Fsp3) is 0.533. The van der Waals surface area contributed by atoms with Crippen molar-refractivity contribution in [2.45, 2.75) is 45.7 Å². The van der Waals surface area contributed by atoms with Crippen LogP contribution in [0.15, 0.2) is 18.5 Å². The van der Waals surface area contributed by atoms with Gasteiger partial charge in [0.2, 0.25) is 0 Å². The van der Waals surface area contributed by atoms with E-state index in [1.807, 2.05) is 10.7 Å². The smallest absolute Gasteiger partial charge is 0.253 e. The fourth-order valence-corrected chi connectivity index (χ4v) is 2.45. The van der Waals surface area contributed by atoms with Gasteiger partial charge in [0.05, 0.1) is 11.8 Å². The second kappa shape index (κ2) is 4.89.